The molecule has 0 saturated heterocycles. The Morgan fingerprint density at radius 3 is 2.62 bits per heavy atom. The van der Waals surface area contributed by atoms with E-state index in [-0.39, 0.29) is 12.6 Å². The molecule has 7 heteroatoms. The van der Waals surface area contributed by atoms with Gasteiger partial charge in [0.1, 0.15) is 18.0 Å². The average molecular weight is 389 g/mol. The van der Waals surface area contributed by atoms with Crippen molar-refractivity contribution in [3.63, 3.8) is 0 Å². The maximum atomic E-state index is 12.1. The Hall–Kier alpha value is -2.35. The number of para-hydroxylation sites is 1. The van der Waals surface area contributed by atoms with Gasteiger partial charge in [0.2, 0.25) is 0 Å². The molecular weight excluding hydrogens is 368 g/mol. The number of hydrogen-bond acceptors (Lipinski definition) is 5. The van der Waals surface area contributed by atoms with Crippen molar-refractivity contribution in [3.8, 4) is 5.75 Å². The fourth-order valence-electron chi connectivity index (χ4n) is 2.47. The Balaban J connectivity index is 1.49. The summed E-state index contributed by atoms with van der Waals surface area (Å²) in [5.74, 6) is 0.763. The lowest BCUT2D eigenvalue weighted by atomic mass is 9.94. The number of aliphatic hydroxyl groups is 1. The van der Waals surface area contributed by atoms with E-state index in [1.807, 2.05) is 64.7 Å². The van der Waals surface area contributed by atoms with Crippen LogP contribution in [0.5, 0.6) is 5.75 Å². The summed E-state index contributed by atoms with van der Waals surface area (Å²) in [6.07, 6.45) is 0. The highest BCUT2D eigenvalue weighted by molar-refractivity contribution is 7.10. The molecule has 136 valence electrons. The summed E-state index contributed by atoms with van der Waals surface area (Å²) < 4.78 is 5.53. The van der Waals surface area contributed by atoms with Crippen LogP contribution >= 0.6 is 22.7 Å². The van der Waals surface area contributed by atoms with Gasteiger partial charge in [-0.2, -0.15) is 11.3 Å². The Morgan fingerprint density at radius 1 is 1.08 bits per heavy atom. The smallest absolute Gasteiger partial charge is 0.315 e. The molecule has 26 heavy (non-hydrogen) atoms. The molecule has 3 N–H and O–H groups in total. The molecule has 1 unspecified atom stereocenters. The van der Waals surface area contributed by atoms with Crippen molar-refractivity contribution >= 4 is 28.7 Å². The van der Waals surface area contributed by atoms with E-state index in [4.69, 9.17) is 4.74 Å². The number of carbonyl (C=O) groups excluding carboxylic acids is 1. The van der Waals surface area contributed by atoms with Crippen molar-refractivity contribution in [1.29, 1.82) is 0 Å². The topological polar surface area (TPSA) is 70.6 Å². The third kappa shape index (κ3) is 4.63. The van der Waals surface area contributed by atoms with Crippen LogP contribution in [0.1, 0.15) is 10.4 Å². The van der Waals surface area contributed by atoms with E-state index in [0.29, 0.717) is 13.2 Å². The predicted octanol–water partition coefficient (Wildman–Crippen LogP) is 3.42. The molecule has 0 fully saturated rings. The number of benzene rings is 1. The predicted molar refractivity (Wildman–Crippen MR) is 105 cm³/mol. The van der Waals surface area contributed by atoms with Crippen molar-refractivity contribution in [2.24, 2.45) is 0 Å². The lowest BCUT2D eigenvalue weighted by Gasteiger charge is -2.27. The van der Waals surface area contributed by atoms with E-state index in [1.54, 1.807) is 0 Å². The van der Waals surface area contributed by atoms with Crippen LogP contribution in [0.2, 0.25) is 0 Å². The van der Waals surface area contributed by atoms with Gasteiger partial charge in [-0.15, -0.1) is 11.3 Å². The van der Waals surface area contributed by atoms with E-state index in [9.17, 15) is 9.90 Å². The summed E-state index contributed by atoms with van der Waals surface area (Å²) >= 11 is 2.97. The first-order valence-corrected chi connectivity index (χ1v) is 9.99. The summed E-state index contributed by atoms with van der Waals surface area (Å²) in [4.78, 5) is 12.9. The average Bonchev–Trinajstić information content (AvgIpc) is 3.38. The number of urea groups is 1. The number of carbonyl (C=O) groups is 1. The first-order valence-electron chi connectivity index (χ1n) is 8.17. The number of nitrogens with one attached hydrogen (secondary N) is 2. The minimum atomic E-state index is -1.23. The van der Waals surface area contributed by atoms with Gasteiger partial charge in [0.25, 0.3) is 0 Å². The monoisotopic (exact) mass is 388 g/mol. The molecule has 1 atom stereocenters. The van der Waals surface area contributed by atoms with Crippen LogP contribution in [0, 0.1) is 0 Å². The zero-order valence-electron chi connectivity index (χ0n) is 14.1. The Kier molecular flexibility index (Phi) is 6.27. The molecule has 5 nitrogen and oxygen atoms in total. The van der Waals surface area contributed by atoms with Crippen LogP contribution in [0.4, 0.5) is 4.79 Å². The molecular formula is C19H20N2O3S2. The van der Waals surface area contributed by atoms with Crippen molar-refractivity contribution in [3.05, 3.63) is 75.1 Å². The standard InChI is InChI=1S/C19H20N2O3S2/c22-18(20-9-10-24-16-5-2-1-3-6-16)21-14-19(23,15-8-12-25-13-15)17-7-4-11-26-17/h1-8,11-13,23H,9-10,14H2,(H2,20,21,22). The molecule has 0 radical (unpaired) electrons. The Morgan fingerprint density at radius 2 is 1.92 bits per heavy atom. The molecule has 2 amide bonds. The van der Waals surface area contributed by atoms with Gasteiger partial charge < -0.3 is 20.5 Å². The summed E-state index contributed by atoms with van der Waals surface area (Å²) in [7, 11) is 0. The number of rotatable bonds is 8. The van der Waals surface area contributed by atoms with Gasteiger partial charge in [-0.1, -0.05) is 24.3 Å². The molecule has 1 aromatic carbocycles. The number of amides is 2. The van der Waals surface area contributed by atoms with Crippen molar-refractivity contribution in [1.82, 2.24) is 10.6 Å². The summed E-state index contributed by atoms with van der Waals surface area (Å²) in [6.45, 7) is 0.837. The van der Waals surface area contributed by atoms with Crippen molar-refractivity contribution in [2.45, 2.75) is 5.60 Å². The van der Waals surface area contributed by atoms with Crippen LogP contribution in [-0.4, -0.2) is 30.8 Å². The second-order valence-corrected chi connectivity index (χ2v) is 7.35. The first-order chi connectivity index (χ1) is 12.7. The minimum absolute atomic E-state index is 0.0929. The van der Waals surface area contributed by atoms with Crippen LogP contribution in [0.15, 0.2) is 64.7 Å². The van der Waals surface area contributed by atoms with Crippen LogP contribution in [0.25, 0.3) is 0 Å². The molecule has 0 aliphatic rings. The molecule has 0 aliphatic carbocycles. The van der Waals surface area contributed by atoms with Gasteiger partial charge in [-0.3, -0.25) is 0 Å². The van der Waals surface area contributed by atoms with Gasteiger partial charge in [0.15, 0.2) is 0 Å². The highest BCUT2D eigenvalue weighted by atomic mass is 32.1. The fraction of sp³-hybridized carbons (Fsp3) is 0.211. The molecule has 0 bridgehead atoms. The Labute approximate surface area is 160 Å². The van der Waals surface area contributed by atoms with E-state index in [0.717, 1.165) is 16.2 Å². The summed E-state index contributed by atoms with van der Waals surface area (Å²) in [5, 5.41) is 22.4. The normalized spacial score (nSPS) is 13.0. The lowest BCUT2D eigenvalue weighted by molar-refractivity contribution is 0.0863. The van der Waals surface area contributed by atoms with E-state index >= 15 is 0 Å². The quantitative estimate of drug-likeness (QED) is 0.518. The second-order valence-electron chi connectivity index (χ2n) is 5.62. The zero-order valence-corrected chi connectivity index (χ0v) is 15.7. The SMILES string of the molecule is O=C(NCCOc1ccccc1)NCC(O)(c1ccsc1)c1cccs1. The van der Waals surface area contributed by atoms with Crippen LogP contribution in [0.3, 0.4) is 0 Å². The summed E-state index contributed by atoms with van der Waals surface area (Å²) in [5.41, 5.74) is -0.455. The highest BCUT2D eigenvalue weighted by Gasteiger charge is 2.33. The molecule has 3 aromatic rings. The molecule has 3 rings (SSSR count). The van der Waals surface area contributed by atoms with Crippen molar-refractivity contribution in [2.75, 3.05) is 19.7 Å². The van der Waals surface area contributed by atoms with Gasteiger partial charge in [0, 0.05) is 10.4 Å². The molecule has 0 spiro atoms. The number of hydrogen-bond donors (Lipinski definition) is 3. The van der Waals surface area contributed by atoms with Gasteiger partial charge in [-0.25, -0.2) is 4.79 Å². The Bertz CT molecular complexity index is 755. The van der Waals surface area contributed by atoms with Gasteiger partial charge >= 0.3 is 6.03 Å². The van der Waals surface area contributed by atoms with Gasteiger partial charge in [-0.05, 0) is 40.4 Å². The maximum absolute atomic E-state index is 12.1. The van der Waals surface area contributed by atoms with E-state index < -0.39 is 5.60 Å². The maximum Gasteiger partial charge on any atom is 0.315 e. The highest BCUT2D eigenvalue weighted by Crippen LogP contribution is 2.33. The third-order valence-corrected chi connectivity index (χ3v) is 5.54. The van der Waals surface area contributed by atoms with Gasteiger partial charge in [0.05, 0.1) is 13.1 Å². The van der Waals surface area contributed by atoms with Crippen LogP contribution < -0.4 is 15.4 Å². The number of ether oxygens (including phenoxy) is 1. The molecule has 2 heterocycles. The lowest BCUT2D eigenvalue weighted by Crippen LogP contribution is -2.45. The number of thiophene rings is 2. The van der Waals surface area contributed by atoms with E-state index in [1.165, 1.54) is 22.7 Å². The molecule has 0 aliphatic heterocycles. The second kappa shape index (κ2) is 8.84. The van der Waals surface area contributed by atoms with E-state index in [2.05, 4.69) is 10.6 Å². The third-order valence-electron chi connectivity index (χ3n) is 3.83. The fourth-order valence-corrected chi connectivity index (χ4v) is 4.04. The first kappa shape index (κ1) is 18.4. The zero-order chi connectivity index (χ0) is 18.2. The molecule has 0 saturated carbocycles. The minimum Gasteiger partial charge on any atom is -0.492 e. The summed E-state index contributed by atoms with van der Waals surface area (Å²) in [6, 6.07) is 14.7. The largest absolute Gasteiger partial charge is 0.492 e. The van der Waals surface area contributed by atoms with Crippen LogP contribution in [-0.2, 0) is 5.60 Å². The van der Waals surface area contributed by atoms with Crippen molar-refractivity contribution < 1.29 is 14.6 Å². The molecule has 2 aromatic heterocycles.